The Bertz CT molecular complexity index is 1840. The summed E-state index contributed by atoms with van der Waals surface area (Å²) >= 11 is 0. The van der Waals surface area contributed by atoms with E-state index in [0.29, 0.717) is 66.0 Å². The molecule has 0 saturated heterocycles. The highest BCUT2D eigenvalue weighted by molar-refractivity contribution is 5.92. The predicted octanol–water partition coefficient (Wildman–Crippen LogP) is 5.30. The van der Waals surface area contributed by atoms with Gasteiger partial charge in [0, 0.05) is 63.8 Å². The van der Waals surface area contributed by atoms with E-state index in [4.69, 9.17) is 18.9 Å². The lowest BCUT2D eigenvalue weighted by Crippen LogP contribution is -2.35. The Labute approximate surface area is 287 Å². The third-order valence-corrected chi connectivity index (χ3v) is 7.76. The van der Waals surface area contributed by atoms with Gasteiger partial charge in [-0.15, -0.1) is 0 Å². The van der Waals surface area contributed by atoms with Gasteiger partial charge in [-0.25, -0.2) is 18.7 Å². The highest BCUT2D eigenvalue weighted by atomic mass is 16.5. The summed E-state index contributed by atoms with van der Waals surface area (Å²) < 4.78 is 27.0. The van der Waals surface area contributed by atoms with Gasteiger partial charge >= 0.3 is 11.9 Å². The van der Waals surface area contributed by atoms with E-state index in [1.54, 1.807) is 73.7 Å². The fourth-order valence-electron chi connectivity index (χ4n) is 4.83. The molecule has 0 amide bonds. The normalized spacial score (nSPS) is 10.6. The van der Waals surface area contributed by atoms with Crippen LogP contribution >= 0.6 is 0 Å². The summed E-state index contributed by atoms with van der Waals surface area (Å²) in [4.78, 5) is 29.7. The van der Waals surface area contributed by atoms with Crippen molar-refractivity contribution in [2.24, 2.45) is 0 Å². The minimum absolute atomic E-state index is 0.341. The first-order chi connectivity index (χ1) is 23.6. The molecular formula is C39H42N4O6+2. The van der Waals surface area contributed by atoms with E-state index >= 15 is 0 Å². The van der Waals surface area contributed by atoms with E-state index in [2.05, 4.69) is 9.13 Å². The molecule has 0 radical (unpaired) electrons. The number of rotatable bonds is 14. The van der Waals surface area contributed by atoms with Crippen molar-refractivity contribution in [3.8, 4) is 23.0 Å². The first-order valence-electron chi connectivity index (χ1n) is 16.0. The van der Waals surface area contributed by atoms with Crippen LogP contribution in [0.4, 0.5) is 11.4 Å². The molecule has 0 aliphatic carbocycles. The smallest absolute Gasteiger partial charge is 0.343 e. The van der Waals surface area contributed by atoms with E-state index in [-0.39, 0.29) is 0 Å². The number of benzene rings is 3. The molecule has 2 heterocycles. The Hall–Kier alpha value is -5.90. The molecule has 0 spiro atoms. The molecule has 0 fully saturated rings. The number of hydrogen-bond donors (Lipinski definition) is 0. The van der Waals surface area contributed by atoms with Crippen molar-refractivity contribution in [1.29, 1.82) is 0 Å². The minimum atomic E-state index is -0.504. The van der Waals surface area contributed by atoms with Crippen LogP contribution in [0.2, 0.25) is 0 Å². The highest BCUT2D eigenvalue weighted by Gasteiger charge is 2.14. The zero-order valence-electron chi connectivity index (χ0n) is 28.5. The molecular weight excluding hydrogens is 620 g/mol. The molecule has 0 aliphatic rings. The number of carbonyl (C=O) groups is 2. The number of carbonyl (C=O) groups excluding carboxylic acids is 2. The first-order valence-corrected chi connectivity index (χ1v) is 16.0. The van der Waals surface area contributed by atoms with Gasteiger partial charge in [-0.05, 0) is 79.2 Å². The zero-order chi connectivity index (χ0) is 34.8. The Kier molecular flexibility index (Phi) is 11.4. The molecule has 0 saturated carbocycles. The van der Waals surface area contributed by atoms with Gasteiger partial charge in [-0.2, -0.15) is 0 Å². The molecule has 0 aliphatic heterocycles. The molecule has 0 atom stereocenters. The maximum Gasteiger partial charge on any atom is 0.343 e. The van der Waals surface area contributed by atoms with Crippen LogP contribution in [-0.2, 0) is 13.1 Å². The molecule has 3 aromatic carbocycles. The van der Waals surface area contributed by atoms with Crippen molar-refractivity contribution in [2.45, 2.75) is 20.0 Å². The van der Waals surface area contributed by atoms with E-state index in [1.165, 1.54) is 0 Å². The van der Waals surface area contributed by atoms with Gasteiger partial charge < -0.3 is 28.7 Å². The number of nitrogens with zero attached hydrogens (tertiary/aromatic N) is 4. The molecule has 0 N–H and O–H groups in total. The highest BCUT2D eigenvalue weighted by Crippen LogP contribution is 2.26. The van der Waals surface area contributed by atoms with Gasteiger partial charge in [0.15, 0.2) is 37.9 Å². The van der Waals surface area contributed by atoms with Gasteiger partial charge in [0.05, 0.1) is 11.1 Å². The van der Waals surface area contributed by atoms with Gasteiger partial charge in [-0.3, -0.25) is 0 Å². The van der Waals surface area contributed by atoms with Gasteiger partial charge in [-0.1, -0.05) is 0 Å². The summed E-state index contributed by atoms with van der Waals surface area (Å²) in [5, 5.41) is 0. The van der Waals surface area contributed by atoms with E-state index < -0.39 is 11.9 Å². The molecule has 5 aromatic rings. The Morgan fingerprint density at radius 1 is 0.551 bits per heavy atom. The third-order valence-electron chi connectivity index (χ3n) is 7.76. The number of ether oxygens (including phenoxy) is 4. The quantitative estimate of drug-likeness (QED) is 0.0901. The molecule has 10 nitrogen and oxygen atoms in total. The van der Waals surface area contributed by atoms with E-state index in [1.807, 2.05) is 87.0 Å². The van der Waals surface area contributed by atoms with E-state index in [9.17, 15) is 9.59 Å². The number of aromatic nitrogens is 2. The van der Waals surface area contributed by atoms with Crippen LogP contribution in [0.5, 0.6) is 23.0 Å². The number of pyridine rings is 2. The topological polar surface area (TPSA) is 85.3 Å². The standard InChI is InChI=1S/C39H42N4O6/c1-29-28-36(48-38(44)30-6-10-34(11-7-30)46-26-24-42-20-16-32(17-21-42)40(2)3)14-15-37(29)49-39(45)31-8-12-35(13-9-31)47-27-25-43-22-18-33(19-23-43)41(4)5/h6-23,28H,24-27H2,1-5H3/q+2. The number of hydrogen-bond acceptors (Lipinski definition) is 8. The fourth-order valence-corrected chi connectivity index (χ4v) is 4.83. The minimum Gasteiger partial charge on any atom is -0.487 e. The monoisotopic (exact) mass is 662 g/mol. The lowest BCUT2D eigenvalue weighted by atomic mass is 10.2. The first kappa shape index (κ1) is 34.4. The van der Waals surface area contributed by atoms with Crippen molar-refractivity contribution in [3.05, 3.63) is 132 Å². The second-order valence-electron chi connectivity index (χ2n) is 11.8. The molecule has 10 heteroatoms. The van der Waals surface area contributed by atoms with Crippen LogP contribution in [0.15, 0.2) is 116 Å². The maximum absolute atomic E-state index is 12.8. The molecule has 2 aromatic heterocycles. The fraction of sp³-hybridized carbons (Fsp3) is 0.231. The lowest BCUT2D eigenvalue weighted by molar-refractivity contribution is -0.697. The summed E-state index contributed by atoms with van der Waals surface area (Å²) in [5.74, 6) is 1.03. The second-order valence-corrected chi connectivity index (χ2v) is 11.8. The molecule has 0 bridgehead atoms. The number of esters is 2. The maximum atomic E-state index is 12.8. The summed E-state index contributed by atoms with van der Waals surface area (Å²) in [6.45, 7) is 4.13. The number of anilines is 2. The van der Waals surface area contributed by atoms with Gasteiger partial charge in [0.25, 0.3) is 0 Å². The van der Waals surface area contributed by atoms with Crippen LogP contribution in [0.1, 0.15) is 26.3 Å². The SMILES string of the molecule is Cc1cc(OC(=O)c2ccc(OCC[n+]3ccc(N(C)C)cc3)cc2)ccc1OC(=O)c1ccc(OCC[n+]2ccc(N(C)C)cc2)cc1. The van der Waals surface area contributed by atoms with Crippen molar-refractivity contribution in [3.63, 3.8) is 0 Å². The Morgan fingerprint density at radius 3 is 1.37 bits per heavy atom. The Morgan fingerprint density at radius 2 is 0.959 bits per heavy atom. The largest absolute Gasteiger partial charge is 0.487 e. The summed E-state index contributed by atoms with van der Waals surface area (Å²) in [6, 6.07) is 26.7. The molecule has 252 valence electrons. The zero-order valence-corrected chi connectivity index (χ0v) is 28.5. The van der Waals surface area contributed by atoms with Crippen LogP contribution in [0.25, 0.3) is 0 Å². The molecule has 5 rings (SSSR count). The van der Waals surface area contributed by atoms with Crippen molar-refractivity contribution < 1.29 is 37.7 Å². The molecule has 0 unspecified atom stereocenters. The predicted molar refractivity (Wildman–Crippen MR) is 187 cm³/mol. The van der Waals surface area contributed by atoms with Crippen molar-refractivity contribution in [2.75, 3.05) is 51.2 Å². The van der Waals surface area contributed by atoms with Crippen LogP contribution in [-0.4, -0.2) is 53.3 Å². The van der Waals surface area contributed by atoms with Crippen molar-refractivity contribution in [1.82, 2.24) is 0 Å². The van der Waals surface area contributed by atoms with E-state index in [0.717, 1.165) is 11.4 Å². The average Bonchev–Trinajstić information content (AvgIpc) is 3.10. The molecule has 49 heavy (non-hydrogen) atoms. The van der Waals surface area contributed by atoms with Crippen LogP contribution in [0.3, 0.4) is 0 Å². The van der Waals surface area contributed by atoms with Crippen molar-refractivity contribution >= 4 is 23.3 Å². The van der Waals surface area contributed by atoms with Crippen LogP contribution in [0, 0.1) is 6.92 Å². The Balaban J connectivity index is 1.06. The summed E-state index contributed by atoms with van der Waals surface area (Å²) in [6.07, 6.45) is 8.05. The third kappa shape index (κ3) is 9.80. The van der Waals surface area contributed by atoms with Crippen LogP contribution < -0.4 is 37.9 Å². The lowest BCUT2D eigenvalue weighted by Gasteiger charge is -2.11. The number of aryl methyl sites for hydroxylation is 1. The summed E-state index contributed by atoms with van der Waals surface area (Å²) in [7, 11) is 8.02. The average molecular weight is 663 g/mol. The van der Waals surface area contributed by atoms with Gasteiger partial charge in [0.2, 0.25) is 0 Å². The van der Waals surface area contributed by atoms with Gasteiger partial charge in [0.1, 0.15) is 36.2 Å². The summed E-state index contributed by atoms with van der Waals surface area (Å²) in [5.41, 5.74) is 3.69. The second kappa shape index (κ2) is 16.3.